The van der Waals surface area contributed by atoms with E-state index in [1.165, 1.54) is 12.1 Å². The zero-order valence-corrected chi connectivity index (χ0v) is 17.0. The third-order valence-corrected chi connectivity index (χ3v) is 5.86. The molecule has 3 aliphatic rings. The second kappa shape index (κ2) is 6.84. The number of hydrogen-bond donors (Lipinski definition) is 2. The van der Waals surface area contributed by atoms with E-state index in [2.05, 4.69) is 50.5 Å². The van der Waals surface area contributed by atoms with Crippen molar-refractivity contribution in [3.05, 3.63) is 47.4 Å². The van der Waals surface area contributed by atoms with Gasteiger partial charge in [-0.15, -0.1) is 5.10 Å². The first kappa shape index (κ1) is 18.1. The molecule has 5 heterocycles. The molecule has 3 aliphatic heterocycles. The summed E-state index contributed by atoms with van der Waals surface area (Å²) < 4.78 is 5.78. The monoisotopic (exact) mass is 390 g/mol. The zero-order chi connectivity index (χ0) is 20.1. The highest BCUT2D eigenvalue weighted by atomic mass is 16.5. The molecule has 29 heavy (non-hydrogen) atoms. The molecule has 3 aromatic rings. The number of rotatable bonds is 4. The molecule has 3 saturated heterocycles. The van der Waals surface area contributed by atoms with Crippen LogP contribution in [-0.2, 0) is 4.74 Å². The lowest BCUT2D eigenvalue weighted by Crippen LogP contribution is -2.57. The predicted octanol–water partition coefficient (Wildman–Crippen LogP) is 3.37. The molecule has 2 unspecified atom stereocenters. The van der Waals surface area contributed by atoms with Crippen molar-refractivity contribution in [2.24, 2.45) is 0 Å². The van der Waals surface area contributed by atoms with Crippen molar-refractivity contribution in [1.29, 1.82) is 0 Å². The maximum Gasteiger partial charge on any atom is 0.157 e. The van der Waals surface area contributed by atoms with Crippen LogP contribution in [0.25, 0.3) is 10.8 Å². The first-order valence-electron chi connectivity index (χ1n) is 10.1. The van der Waals surface area contributed by atoms with Crippen molar-refractivity contribution in [3.63, 3.8) is 0 Å². The van der Waals surface area contributed by atoms with Crippen LogP contribution in [-0.4, -0.2) is 40.5 Å². The molecule has 6 rings (SSSR count). The molecule has 2 bridgehead atoms. The number of nitrogens with one attached hydrogen (secondary N) is 1. The van der Waals surface area contributed by atoms with Gasteiger partial charge in [0.15, 0.2) is 5.82 Å². The van der Waals surface area contributed by atoms with Gasteiger partial charge in [-0.1, -0.05) is 6.07 Å². The predicted molar refractivity (Wildman–Crippen MR) is 115 cm³/mol. The summed E-state index contributed by atoms with van der Waals surface area (Å²) in [6.45, 7) is 7.91. The second-order valence-electron chi connectivity index (χ2n) is 8.22. The number of piperidine rings is 1. The lowest BCUT2D eigenvalue weighted by atomic mass is 9.97. The van der Waals surface area contributed by atoms with Crippen LogP contribution in [0.5, 0.6) is 0 Å². The highest BCUT2D eigenvalue weighted by Gasteiger charge is 2.38. The summed E-state index contributed by atoms with van der Waals surface area (Å²) in [5.74, 6) is 0.764. The lowest BCUT2D eigenvalue weighted by molar-refractivity contribution is -0.133. The number of hydrogen-bond acceptors (Lipinski definition) is 7. The number of fused-ring (bicyclic) bond motifs is 3. The second-order valence-corrected chi connectivity index (χ2v) is 8.22. The molecule has 1 aromatic carbocycles. The highest BCUT2D eigenvalue weighted by molar-refractivity contribution is 5.95. The number of nitrogen functional groups attached to an aromatic ring is 1. The van der Waals surface area contributed by atoms with Crippen molar-refractivity contribution in [3.8, 4) is 0 Å². The van der Waals surface area contributed by atoms with Gasteiger partial charge in [-0.3, -0.25) is 4.98 Å². The van der Waals surface area contributed by atoms with Crippen molar-refractivity contribution < 1.29 is 4.74 Å². The van der Waals surface area contributed by atoms with Gasteiger partial charge < -0.3 is 20.7 Å². The number of aryl methyl sites for hydroxylation is 2. The third kappa shape index (κ3) is 3.35. The molecule has 0 radical (unpaired) electrons. The number of ether oxygens (including phenoxy) is 1. The van der Waals surface area contributed by atoms with E-state index < -0.39 is 0 Å². The fourth-order valence-electron chi connectivity index (χ4n) is 4.37. The minimum absolute atomic E-state index is 0.0444. The molecule has 3 atom stereocenters. The summed E-state index contributed by atoms with van der Waals surface area (Å²) in [5.41, 5.74) is 10.6. The van der Waals surface area contributed by atoms with E-state index in [-0.39, 0.29) is 6.04 Å². The Hall–Kier alpha value is -2.93. The molecule has 0 saturated carbocycles. The van der Waals surface area contributed by atoms with E-state index in [9.17, 15) is 0 Å². The molecule has 7 nitrogen and oxygen atoms in total. The largest absolute Gasteiger partial charge is 0.399 e. The fraction of sp³-hybridized carbons (Fsp3) is 0.409. The maximum absolute atomic E-state index is 6.01. The Morgan fingerprint density at radius 2 is 1.86 bits per heavy atom. The Bertz CT molecular complexity index is 1050. The Balaban J connectivity index is 1.49. The molecule has 3 fully saturated rings. The number of nitrogens with zero attached hydrogens (tertiary/aromatic N) is 4. The Morgan fingerprint density at radius 3 is 2.59 bits per heavy atom. The Kier molecular flexibility index (Phi) is 4.28. The van der Waals surface area contributed by atoms with Gasteiger partial charge in [-0.25, -0.2) is 0 Å². The van der Waals surface area contributed by atoms with Crippen LogP contribution in [0.1, 0.15) is 36.5 Å². The van der Waals surface area contributed by atoms with Gasteiger partial charge in [0.25, 0.3) is 0 Å². The first-order valence-corrected chi connectivity index (χ1v) is 10.1. The summed E-state index contributed by atoms with van der Waals surface area (Å²) in [5, 5.41) is 14.5. The van der Waals surface area contributed by atoms with E-state index in [1.54, 1.807) is 0 Å². The molecule has 3 N–H and O–H groups in total. The van der Waals surface area contributed by atoms with E-state index in [0.717, 1.165) is 46.8 Å². The number of aromatic nitrogens is 3. The van der Waals surface area contributed by atoms with Crippen LogP contribution in [0.2, 0.25) is 0 Å². The van der Waals surface area contributed by atoms with Crippen LogP contribution in [0.3, 0.4) is 0 Å². The molecule has 2 aromatic heterocycles. The van der Waals surface area contributed by atoms with Gasteiger partial charge in [0.1, 0.15) is 0 Å². The number of anilines is 3. The van der Waals surface area contributed by atoms with E-state index in [1.807, 2.05) is 26.0 Å². The average Bonchev–Trinajstić information content (AvgIpc) is 2.68. The molecular weight excluding hydrogens is 364 g/mol. The summed E-state index contributed by atoms with van der Waals surface area (Å²) in [6.07, 6.45) is 1.93. The van der Waals surface area contributed by atoms with Crippen LogP contribution in [0.15, 0.2) is 30.3 Å². The van der Waals surface area contributed by atoms with Crippen molar-refractivity contribution in [2.45, 2.75) is 45.4 Å². The summed E-state index contributed by atoms with van der Waals surface area (Å²) in [7, 11) is 0. The Morgan fingerprint density at radius 1 is 1.10 bits per heavy atom. The number of nitrogens with two attached hydrogens (primary N) is 1. The summed E-state index contributed by atoms with van der Waals surface area (Å²) in [4.78, 5) is 7.03. The maximum atomic E-state index is 6.01. The Labute approximate surface area is 170 Å². The SMILES string of the molecule is Cc1cc(N)cc([C@@H](C)Nc2nnc(C)c3ccc(N4CC5CC(C4)O5)cc23)n1. The molecule has 0 amide bonds. The van der Waals surface area contributed by atoms with Crippen molar-refractivity contribution >= 4 is 28.0 Å². The quantitative estimate of drug-likeness (QED) is 0.706. The average molecular weight is 390 g/mol. The van der Waals surface area contributed by atoms with Crippen LogP contribution in [0.4, 0.5) is 17.2 Å². The lowest BCUT2D eigenvalue weighted by Gasteiger charge is -2.48. The molecular formula is C22H26N6O. The smallest absolute Gasteiger partial charge is 0.157 e. The normalized spacial score (nSPS) is 21.7. The van der Waals surface area contributed by atoms with Crippen LogP contribution >= 0.6 is 0 Å². The van der Waals surface area contributed by atoms with Gasteiger partial charge in [0, 0.05) is 47.4 Å². The number of benzene rings is 1. The summed E-state index contributed by atoms with van der Waals surface area (Å²) in [6, 6.07) is 10.3. The minimum Gasteiger partial charge on any atom is -0.399 e. The van der Waals surface area contributed by atoms with Crippen LogP contribution in [0, 0.1) is 13.8 Å². The van der Waals surface area contributed by atoms with Crippen LogP contribution < -0.4 is 16.0 Å². The van der Waals surface area contributed by atoms with E-state index >= 15 is 0 Å². The molecule has 0 aliphatic carbocycles. The van der Waals surface area contributed by atoms with Gasteiger partial charge in [0.05, 0.1) is 29.6 Å². The fourth-order valence-corrected chi connectivity index (χ4v) is 4.37. The van der Waals surface area contributed by atoms with Gasteiger partial charge in [-0.2, -0.15) is 5.10 Å². The zero-order valence-electron chi connectivity index (χ0n) is 17.0. The standard InChI is InChI=1S/C22H26N6O/c1-12-6-15(23)7-21(24-12)14(3)25-22-20-8-16(4-5-19(20)13(2)26-27-22)28-10-17-9-18(11-28)29-17/h4-8,14,17-18H,9-11H2,1-3H3,(H2,23,24)(H,25,27)/t14-,17?,18?/m1/s1. The van der Waals surface area contributed by atoms with Gasteiger partial charge in [0.2, 0.25) is 0 Å². The van der Waals surface area contributed by atoms with Crippen molar-refractivity contribution in [2.75, 3.05) is 29.0 Å². The third-order valence-electron chi connectivity index (χ3n) is 5.86. The molecule has 150 valence electrons. The first-order chi connectivity index (χ1) is 14.0. The molecule has 7 heteroatoms. The number of morpholine rings is 1. The van der Waals surface area contributed by atoms with E-state index in [0.29, 0.717) is 17.9 Å². The van der Waals surface area contributed by atoms with Gasteiger partial charge >= 0.3 is 0 Å². The highest BCUT2D eigenvalue weighted by Crippen LogP contribution is 2.34. The topological polar surface area (TPSA) is 89.2 Å². The minimum atomic E-state index is -0.0444. The molecule has 0 spiro atoms. The van der Waals surface area contributed by atoms with E-state index in [4.69, 9.17) is 10.5 Å². The van der Waals surface area contributed by atoms with Crippen molar-refractivity contribution in [1.82, 2.24) is 15.2 Å². The summed E-state index contributed by atoms with van der Waals surface area (Å²) >= 11 is 0. The van der Waals surface area contributed by atoms with Gasteiger partial charge in [-0.05, 0) is 45.0 Å². The number of pyridine rings is 1.